The molecule has 0 spiro atoms. The summed E-state index contributed by atoms with van der Waals surface area (Å²) in [6.45, 7) is 0.682. The second-order valence-electron chi connectivity index (χ2n) is 9.17. The lowest BCUT2D eigenvalue weighted by Crippen LogP contribution is -2.51. The number of fused-ring (bicyclic) bond motifs is 2. The summed E-state index contributed by atoms with van der Waals surface area (Å²) in [5.74, 6) is -0.212. The summed E-state index contributed by atoms with van der Waals surface area (Å²) in [5.41, 5.74) is 5.48. The first-order chi connectivity index (χ1) is 17.6. The van der Waals surface area contributed by atoms with Gasteiger partial charge in [-0.05, 0) is 36.6 Å². The van der Waals surface area contributed by atoms with E-state index in [4.69, 9.17) is 9.84 Å². The molecule has 1 aromatic carbocycles. The second kappa shape index (κ2) is 9.09. The van der Waals surface area contributed by atoms with Crippen molar-refractivity contribution >= 4 is 28.3 Å². The van der Waals surface area contributed by atoms with Crippen LogP contribution in [0.1, 0.15) is 28.9 Å². The van der Waals surface area contributed by atoms with E-state index in [0.29, 0.717) is 17.9 Å². The summed E-state index contributed by atoms with van der Waals surface area (Å²) in [6.07, 6.45) is 7.14. The minimum absolute atomic E-state index is 0.00357. The number of carbonyl (C=O) groups excluding carboxylic acids is 1. The molecule has 0 saturated heterocycles. The van der Waals surface area contributed by atoms with Gasteiger partial charge in [0.1, 0.15) is 5.65 Å². The summed E-state index contributed by atoms with van der Waals surface area (Å²) in [7, 11) is 3.70. The highest BCUT2D eigenvalue weighted by Crippen LogP contribution is 2.31. The van der Waals surface area contributed by atoms with Crippen molar-refractivity contribution in [3.05, 3.63) is 78.4 Å². The maximum Gasteiger partial charge on any atom is 0.271 e. The van der Waals surface area contributed by atoms with Crippen molar-refractivity contribution in [2.45, 2.75) is 31.5 Å². The first-order valence-electron chi connectivity index (χ1n) is 12.0. The van der Waals surface area contributed by atoms with E-state index in [2.05, 4.69) is 37.3 Å². The zero-order valence-electron chi connectivity index (χ0n) is 20.2. The van der Waals surface area contributed by atoms with Gasteiger partial charge in [0.25, 0.3) is 5.91 Å². The number of hydrogen-bond donors (Lipinski definition) is 2. The molecule has 1 aliphatic carbocycles. The molecule has 0 unspecified atom stereocenters. The van der Waals surface area contributed by atoms with Gasteiger partial charge in [0, 0.05) is 44.0 Å². The number of ether oxygens (including phenoxy) is 1. The Balaban J connectivity index is 1.45. The first kappa shape index (κ1) is 22.2. The van der Waals surface area contributed by atoms with E-state index in [9.17, 15) is 4.79 Å². The molecule has 4 aromatic heterocycles. The Kier molecular flexibility index (Phi) is 5.61. The highest BCUT2D eigenvalue weighted by atomic mass is 16.5. The van der Waals surface area contributed by atoms with Gasteiger partial charge in [-0.2, -0.15) is 5.10 Å². The number of H-pyrrole nitrogens is 1. The van der Waals surface area contributed by atoms with E-state index < -0.39 is 0 Å². The van der Waals surface area contributed by atoms with Crippen LogP contribution in [0.25, 0.3) is 27.9 Å². The molecule has 182 valence electrons. The van der Waals surface area contributed by atoms with E-state index in [1.807, 2.05) is 49.6 Å². The number of pyridine rings is 1. The van der Waals surface area contributed by atoms with E-state index in [1.54, 1.807) is 24.0 Å². The number of rotatable bonds is 7. The molecule has 0 radical (unpaired) electrons. The molecule has 0 bridgehead atoms. The predicted octanol–water partition coefficient (Wildman–Crippen LogP) is 3.82. The molecular weight excluding hydrogens is 454 g/mol. The fourth-order valence-electron chi connectivity index (χ4n) is 4.79. The molecule has 4 heterocycles. The summed E-state index contributed by atoms with van der Waals surface area (Å²) in [5, 5.41) is 8.93. The van der Waals surface area contributed by atoms with Crippen LogP contribution in [0.15, 0.2) is 67.1 Å². The largest absolute Gasteiger partial charge is 0.379 e. The molecule has 1 fully saturated rings. The van der Waals surface area contributed by atoms with Crippen LogP contribution in [-0.2, 0) is 11.3 Å². The van der Waals surface area contributed by atoms with Crippen molar-refractivity contribution < 1.29 is 9.53 Å². The number of aromatic nitrogens is 5. The fraction of sp³-hybridized carbons (Fsp3) is 0.259. The average Bonchev–Trinajstić information content (AvgIpc) is 3.51. The van der Waals surface area contributed by atoms with Gasteiger partial charge in [0.15, 0.2) is 11.3 Å². The molecule has 1 aliphatic rings. The Bertz CT molecular complexity index is 1540. The van der Waals surface area contributed by atoms with Crippen LogP contribution in [-0.4, -0.2) is 56.8 Å². The van der Waals surface area contributed by atoms with Crippen LogP contribution in [0, 0.1) is 0 Å². The molecule has 9 nitrogen and oxygen atoms in total. The number of imidazole rings is 1. The molecule has 36 heavy (non-hydrogen) atoms. The number of nitrogens with one attached hydrogen (secondary N) is 2. The number of anilines is 1. The average molecular weight is 482 g/mol. The summed E-state index contributed by atoms with van der Waals surface area (Å²) >= 11 is 0. The molecule has 5 aromatic rings. The van der Waals surface area contributed by atoms with Gasteiger partial charge in [-0.3, -0.25) is 4.79 Å². The molecule has 9 heteroatoms. The Morgan fingerprint density at radius 3 is 2.83 bits per heavy atom. The second-order valence-corrected chi connectivity index (χ2v) is 9.17. The number of nitrogens with zero attached hydrogens (tertiary/aromatic N) is 5. The Labute approximate surface area is 208 Å². The molecule has 0 aliphatic heterocycles. The van der Waals surface area contributed by atoms with Crippen molar-refractivity contribution in [3.8, 4) is 11.3 Å². The van der Waals surface area contributed by atoms with Crippen LogP contribution in [0.3, 0.4) is 0 Å². The Morgan fingerprint density at radius 1 is 1.19 bits per heavy atom. The van der Waals surface area contributed by atoms with Crippen molar-refractivity contribution in [2.75, 3.05) is 19.1 Å². The lowest BCUT2D eigenvalue weighted by atomic mass is 9.89. The highest BCUT2D eigenvalue weighted by Gasteiger charge is 2.33. The van der Waals surface area contributed by atoms with E-state index in [-0.39, 0.29) is 18.1 Å². The van der Waals surface area contributed by atoms with Gasteiger partial charge in [0.2, 0.25) is 0 Å². The van der Waals surface area contributed by atoms with E-state index in [1.165, 1.54) is 5.56 Å². The first-order valence-corrected chi connectivity index (χ1v) is 12.0. The minimum atomic E-state index is -0.212. The summed E-state index contributed by atoms with van der Waals surface area (Å²) < 4.78 is 7.10. The van der Waals surface area contributed by atoms with Gasteiger partial charge in [-0.15, -0.1) is 0 Å². The van der Waals surface area contributed by atoms with Crippen LogP contribution in [0.4, 0.5) is 5.69 Å². The van der Waals surface area contributed by atoms with Gasteiger partial charge >= 0.3 is 0 Å². The SMILES string of the molecule is CO[C@H]1CC[C@@H]1NC(=O)c1cnc2c(N(C)Cc3ccccc3)cc(-c3c[nH]c4ncccc34)nn12. The molecule has 2 atom stereocenters. The van der Waals surface area contributed by atoms with Crippen LogP contribution < -0.4 is 10.2 Å². The third-order valence-electron chi connectivity index (χ3n) is 6.91. The van der Waals surface area contributed by atoms with Crippen molar-refractivity contribution in [1.82, 2.24) is 29.9 Å². The number of carbonyl (C=O) groups is 1. The molecule has 2 N–H and O–H groups in total. The Morgan fingerprint density at radius 2 is 2.06 bits per heavy atom. The van der Waals surface area contributed by atoms with Crippen LogP contribution in [0.5, 0.6) is 0 Å². The van der Waals surface area contributed by atoms with Gasteiger partial charge in [0.05, 0.1) is 29.7 Å². The smallest absolute Gasteiger partial charge is 0.271 e. The number of benzene rings is 1. The predicted molar refractivity (Wildman–Crippen MR) is 138 cm³/mol. The van der Waals surface area contributed by atoms with E-state index >= 15 is 0 Å². The summed E-state index contributed by atoms with van der Waals surface area (Å²) in [4.78, 5) is 27.7. The number of methoxy groups -OCH3 is 1. The number of aromatic amines is 1. The monoisotopic (exact) mass is 481 g/mol. The lowest BCUT2D eigenvalue weighted by Gasteiger charge is -2.35. The normalized spacial score (nSPS) is 17.3. The van der Waals surface area contributed by atoms with Crippen LogP contribution in [0.2, 0.25) is 0 Å². The van der Waals surface area contributed by atoms with Crippen molar-refractivity contribution in [1.29, 1.82) is 0 Å². The van der Waals surface area contributed by atoms with E-state index in [0.717, 1.165) is 40.8 Å². The topological polar surface area (TPSA) is 100 Å². The Hall–Kier alpha value is -4.24. The quantitative estimate of drug-likeness (QED) is 0.367. The molecule has 1 saturated carbocycles. The van der Waals surface area contributed by atoms with Gasteiger partial charge < -0.3 is 19.9 Å². The zero-order valence-corrected chi connectivity index (χ0v) is 20.2. The number of amides is 1. The van der Waals surface area contributed by atoms with Gasteiger partial charge in [-0.25, -0.2) is 14.5 Å². The molecule has 1 amide bonds. The third kappa shape index (κ3) is 3.87. The maximum atomic E-state index is 13.3. The molecule has 6 rings (SSSR count). The fourth-order valence-corrected chi connectivity index (χ4v) is 4.79. The third-order valence-corrected chi connectivity index (χ3v) is 6.91. The zero-order chi connectivity index (χ0) is 24.6. The van der Waals surface area contributed by atoms with Gasteiger partial charge in [-0.1, -0.05) is 30.3 Å². The van der Waals surface area contributed by atoms with Crippen molar-refractivity contribution in [3.63, 3.8) is 0 Å². The summed E-state index contributed by atoms with van der Waals surface area (Å²) in [6, 6.07) is 16.2. The number of hydrogen-bond acceptors (Lipinski definition) is 6. The highest BCUT2D eigenvalue weighted by molar-refractivity contribution is 5.96. The lowest BCUT2D eigenvalue weighted by molar-refractivity contribution is 0.00718. The van der Waals surface area contributed by atoms with Crippen molar-refractivity contribution in [2.24, 2.45) is 0 Å². The molecular formula is C27H27N7O2. The maximum absolute atomic E-state index is 13.3. The minimum Gasteiger partial charge on any atom is -0.379 e. The standard InChI is InChI=1S/C27H27N7O2/c1-33(16-17-7-4-3-5-8-17)22-13-21(19-14-29-25-18(19)9-6-12-28-25)32-34-23(15-30-26(22)34)27(35)31-20-10-11-24(20)36-2/h3-9,12-15,20,24H,10-11,16H2,1-2H3,(H,28,29)(H,31,35)/t20-,24-/m0/s1. The van der Waals surface area contributed by atoms with Crippen LogP contribution >= 0.6 is 0 Å².